The van der Waals surface area contributed by atoms with Crippen LogP contribution in [0.15, 0.2) is 39.4 Å². The van der Waals surface area contributed by atoms with Crippen molar-refractivity contribution in [3.63, 3.8) is 0 Å². The molecular formula is C20H20BrNO2. The van der Waals surface area contributed by atoms with Crippen molar-refractivity contribution in [1.82, 2.24) is 0 Å². The Morgan fingerprint density at radius 2 is 1.71 bits per heavy atom. The predicted molar refractivity (Wildman–Crippen MR) is 96.3 cm³/mol. The number of carbonyl (C=O) groups excluding carboxylic acids is 1. The van der Waals surface area contributed by atoms with Crippen LogP contribution in [0.25, 0.3) is 6.08 Å². The molecule has 4 heteroatoms. The van der Waals surface area contributed by atoms with Gasteiger partial charge in [0.1, 0.15) is 0 Å². The molecule has 6 rings (SSSR count). The van der Waals surface area contributed by atoms with Gasteiger partial charge in [0.25, 0.3) is 0 Å². The topological polar surface area (TPSA) is 38.7 Å². The van der Waals surface area contributed by atoms with Crippen LogP contribution in [0.2, 0.25) is 0 Å². The van der Waals surface area contributed by atoms with Crippen molar-refractivity contribution in [3.8, 4) is 0 Å². The molecule has 1 aliphatic heterocycles. The fourth-order valence-electron chi connectivity index (χ4n) is 5.75. The Morgan fingerprint density at radius 1 is 1.08 bits per heavy atom. The Balaban J connectivity index is 1.50. The number of rotatable bonds is 2. The molecule has 0 atom stereocenters. The van der Waals surface area contributed by atoms with Crippen LogP contribution in [0.3, 0.4) is 0 Å². The zero-order valence-electron chi connectivity index (χ0n) is 13.5. The SMILES string of the molecule is O=C1OC(C23CC4CC(CC(C4)C2)C3)=N/C1=C\c1ccccc1Br. The molecule has 0 radical (unpaired) electrons. The third kappa shape index (κ3) is 2.30. The fraction of sp³-hybridized carbons (Fsp3) is 0.500. The van der Waals surface area contributed by atoms with E-state index in [-0.39, 0.29) is 11.4 Å². The van der Waals surface area contributed by atoms with Gasteiger partial charge >= 0.3 is 5.97 Å². The summed E-state index contributed by atoms with van der Waals surface area (Å²) >= 11 is 3.52. The highest BCUT2D eigenvalue weighted by Gasteiger charge is 2.55. The second-order valence-electron chi connectivity index (χ2n) is 8.06. The van der Waals surface area contributed by atoms with E-state index in [4.69, 9.17) is 4.74 Å². The number of halogens is 1. The summed E-state index contributed by atoms with van der Waals surface area (Å²) in [6.07, 6.45) is 9.44. The lowest BCUT2D eigenvalue weighted by molar-refractivity contribution is -0.131. The van der Waals surface area contributed by atoms with Gasteiger partial charge in [-0.05, 0) is 74.0 Å². The van der Waals surface area contributed by atoms with E-state index in [0.717, 1.165) is 47.1 Å². The van der Waals surface area contributed by atoms with Crippen molar-refractivity contribution in [2.24, 2.45) is 28.2 Å². The number of hydrogen-bond acceptors (Lipinski definition) is 3. The molecule has 0 amide bonds. The van der Waals surface area contributed by atoms with Gasteiger partial charge in [-0.3, -0.25) is 0 Å². The normalized spacial score (nSPS) is 38.5. The van der Waals surface area contributed by atoms with Crippen molar-refractivity contribution in [2.45, 2.75) is 38.5 Å². The highest BCUT2D eigenvalue weighted by atomic mass is 79.9. The van der Waals surface area contributed by atoms with Crippen LogP contribution >= 0.6 is 15.9 Å². The summed E-state index contributed by atoms with van der Waals surface area (Å²) in [7, 11) is 0. The molecule has 0 N–H and O–H groups in total. The van der Waals surface area contributed by atoms with Gasteiger partial charge in [-0.1, -0.05) is 34.1 Å². The van der Waals surface area contributed by atoms with Crippen molar-refractivity contribution in [3.05, 3.63) is 40.0 Å². The second-order valence-corrected chi connectivity index (χ2v) is 8.91. The minimum absolute atomic E-state index is 0.0356. The lowest BCUT2D eigenvalue weighted by atomic mass is 9.49. The summed E-state index contributed by atoms with van der Waals surface area (Å²) in [5, 5.41) is 0. The summed E-state index contributed by atoms with van der Waals surface area (Å²) < 4.78 is 6.66. The highest BCUT2D eigenvalue weighted by Crippen LogP contribution is 2.61. The van der Waals surface area contributed by atoms with Gasteiger partial charge in [0.15, 0.2) is 5.70 Å². The molecule has 1 heterocycles. The third-order valence-electron chi connectivity index (χ3n) is 6.31. The Hall–Kier alpha value is -1.42. The van der Waals surface area contributed by atoms with E-state index in [1.807, 2.05) is 30.3 Å². The first-order valence-corrected chi connectivity index (χ1v) is 9.68. The molecule has 4 fully saturated rings. The molecule has 4 saturated carbocycles. The maximum atomic E-state index is 12.4. The molecule has 0 unspecified atom stereocenters. The van der Waals surface area contributed by atoms with Gasteiger partial charge in [0, 0.05) is 9.89 Å². The molecule has 124 valence electrons. The van der Waals surface area contributed by atoms with Crippen LogP contribution < -0.4 is 0 Å². The first-order valence-electron chi connectivity index (χ1n) is 8.89. The molecule has 3 nitrogen and oxygen atoms in total. The standard InChI is InChI=1S/C20H20BrNO2/c21-16-4-2-1-3-15(16)8-17-18(23)24-19(22-17)20-9-12-5-13(10-20)7-14(6-12)11-20/h1-4,8,12-14H,5-7,9-11H2/b17-8-. The number of carbonyl (C=O) groups is 1. The molecule has 24 heavy (non-hydrogen) atoms. The number of ether oxygens (including phenoxy) is 1. The van der Waals surface area contributed by atoms with Gasteiger partial charge in [-0.25, -0.2) is 9.79 Å². The minimum Gasteiger partial charge on any atom is -0.406 e. The van der Waals surface area contributed by atoms with E-state index in [0.29, 0.717) is 11.6 Å². The summed E-state index contributed by atoms with van der Waals surface area (Å²) in [6.45, 7) is 0. The monoisotopic (exact) mass is 385 g/mol. The maximum absolute atomic E-state index is 12.4. The minimum atomic E-state index is -0.295. The Morgan fingerprint density at radius 3 is 2.33 bits per heavy atom. The van der Waals surface area contributed by atoms with Gasteiger partial charge in [-0.15, -0.1) is 0 Å². The molecule has 4 bridgehead atoms. The van der Waals surface area contributed by atoms with E-state index in [9.17, 15) is 4.79 Å². The van der Waals surface area contributed by atoms with Gasteiger partial charge in [-0.2, -0.15) is 0 Å². The zero-order chi connectivity index (χ0) is 16.3. The van der Waals surface area contributed by atoms with E-state index in [1.165, 1.54) is 19.3 Å². The van der Waals surface area contributed by atoms with Crippen molar-refractivity contribution < 1.29 is 9.53 Å². The van der Waals surface area contributed by atoms with Crippen molar-refractivity contribution in [2.75, 3.05) is 0 Å². The number of hydrogen-bond donors (Lipinski definition) is 0. The third-order valence-corrected chi connectivity index (χ3v) is 7.03. The Kier molecular flexibility index (Phi) is 3.28. The largest absolute Gasteiger partial charge is 0.406 e. The van der Waals surface area contributed by atoms with Crippen LogP contribution in [0, 0.1) is 23.2 Å². The van der Waals surface area contributed by atoms with Crippen LogP contribution in [0.4, 0.5) is 0 Å². The van der Waals surface area contributed by atoms with Crippen LogP contribution in [0.1, 0.15) is 44.1 Å². The average molecular weight is 386 g/mol. The molecular weight excluding hydrogens is 366 g/mol. The zero-order valence-corrected chi connectivity index (χ0v) is 15.1. The lowest BCUT2D eigenvalue weighted by Crippen LogP contribution is -2.50. The van der Waals surface area contributed by atoms with Gasteiger partial charge in [0.05, 0.1) is 0 Å². The summed E-state index contributed by atoms with van der Waals surface area (Å²) in [5.41, 5.74) is 1.43. The molecule has 1 aromatic rings. The Bertz CT molecular complexity index is 744. The lowest BCUT2D eigenvalue weighted by Gasteiger charge is -2.55. The van der Waals surface area contributed by atoms with Crippen molar-refractivity contribution >= 4 is 33.9 Å². The quantitative estimate of drug-likeness (QED) is 0.532. The van der Waals surface area contributed by atoms with E-state index >= 15 is 0 Å². The predicted octanol–water partition coefficient (Wildman–Crippen LogP) is 4.96. The summed E-state index contributed by atoms with van der Waals surface area (Å²) in [4.78, 5) is 17.1. The highest BCUT2D eigenvalue weighted by molar-refractivity contribution is 9.10. The van der Waals surface area contributed by atoms with E-state index < -0.39 is 0 Å². The summed E-state index contributed by atoms with van der Waals surface area (Å²) in [6, 6.07) is 7.86. The molecule has 1 aromatic carbocycles. The summed E-state index contributed by atoms with van der Waals surface area (Å²) in [5.74, 6) is 2.86. The number of cyclic esters (lactones) is 1. The van der Waals surface area contributed by atoms with Crippen LogP contribution in [-0.2, 0) is 9.53 Å². The first kappa shape index (κ1) is 14.9. The van der Waals surface area contributed by atoms with Crippen molar-refractivity contribution in [1.29, 1.82) is 0 Å². The van der Waals surface area contributed by atoms with Gasteiger partial charge < -0.3 is 4.74 Å². The number of nitrogens with zero attached hydrogens (tertiary/aromatic N) is 1. The molecule has 0 spiro atoms. The second kappa shape index (κ2) is 5.29. The van der Waals surface area contributed by atoms with Crippen LogP contribution in [-0.4, -0.2) is 11.9 Å². The number of esters is 1. The molecule has 4 aliphatic carbocycles. The van der Waals surface area contributed by atoms with E-state index in [2.05, 4.69) is 20.9 Å². The van der Waals surface area contributed by atoms with E-state index in [1.54, 1.807) is 0 Å². The fourth-order valence-corrected chi connectivity index (χ4v) is 6.15. The maximum Gasteiger partial charge on any atom is 0.363 e. The smallest absolute Gasteiger partial charge is 0.363 e. The van der Waals surface area contributed by atoms with Gasteiger partial charge in [0.2, 0.25) is 5.90 Å². The molecule has 0 aromatic heterocycles. The molecule has 5 aliphatic rings. The number of benzene rings is 1. The molecule has 0 saturated heterocycles. The number of aliphatic imine (C=N–C) groups is 1. The Labute approximate surface area is 150 Å². The van der Waals surface area contributed by atoms with Crippen LogP contribution in [0.5, 0.6) is 0 Å². The first-order chi connectivity index (χ1) is 11.6. The average Bonchev–Trinajstić information content (AvgIpc) is 2.90.